The first-order valence-corrected chi connectivity index (χ1v) is 15.0. The van der Waals surface area contributed by atoms with Crippen LogP contribution in [-0.4, -0.2) is 74.8 Å². The molecule has 2 aliphatic rings. The Hall–Kier alpha value is -3.08. The molecule has 0 aromatic carbocycles. The molecule has 1 saturated carbocycles. The van der Waals surface area contributed by atoms with Crippen LogP contribution in [0.15, 0.2) is 24.5 Å². The van der Waals surface area contributed by atoms with Gasteiger partial charge in [-0.05, 0) is 83.3 Å². The molecule has 2 aromatic heterocycles. The van der Waals surface area contributed by atoms with Crippen molar-refractivity contribution in [3.8, 4) is 0 Å². The molecule has 0 N–H and O–H groups in total. The molecule has 0 spiro atoms. The van der Waals surface area contributed by atoms with Crippen molar-refractivity contribution in [2.24, 2.45) is 5.92 Å². The molecule has 1 aliphatic heterocycles. The van der Waals surface area contributed by atoms with Crippen LogP contribution in [0.1, 0.15) is 98.4 Å². The zero-order valence-corrected chi connectivity index (χ0v) is 24.8. The van der Waals surface area contributed by atoms with Crippen molar-refractivity contribution in [3.63, 3.8) is 0 Å². The Morgan fingerprint density at radius 2 is 1.80 bits per heavy atom. The van der Waals surface area contributed by atoms with Crippen molar-refractivity contribution in [1.29, 1.82) is 0 Å². The van der Waals surface area contributed by atoms with Crippen LogP contribution in [-0.2, 0) is 20.8 Å². The van der Waals surface area contributed by atoms with Crippen LogP contribution in [0.2, 0.25) is 0 Å². The zero-order chi connectivity index (χ0) is 28.7. The van der Waals surface area contributed by atoms with Crippen LogP contribution in [0.3, 0.4) is 0 Å². The maximum Gasteiger partial charge on any atom is 0.410 e. The number of ether oxygens (including phenoxy) is 2. The molecule has 1 aliphatic carbocycles. The second-order valence-corrected chi connectivity index (χ2v) is 12.8. The molecule has 218 valence electrons. The number of rotatable bonds is 8. The van der Waals surface area contributed by atoms with Gasteiger partial charge in [0.25, 0.3) is 5.91 Å². The van der Waals surface area contributed by atoms with E-state index in [-0.39, 0.29) is 29.9 Å². The smallest absolute Gasteiger partial charge is 0.410 e. The van der Waals surface area contributed by atoms with Gasteiger partial charge in [0.1, 0.15) is 10.6 Å². The van der Waals surface area contributed by atoms with Gasteiger partial charge in [-0.2, -0.15) is 0 Å². The fourth-order valence-corrected chi connectivity index (χ4v) is 6.44. The van der Waals surface area contributed by atoms with Crippen LogP contribution in [0.5, 0.6) is 0 Å². The third-order valence-corrected chi connectivity index (χ3v) is 8.77. The van der Waals surface area contributed by atoms with E-state index < -0.39 is 5.60 Å². The number of aromatic nitrogens is 3. The summed E-state index contributed by atoms with van der Waals surface area (Å²) in [5.41, 5.74) is 0.454. The number of esters is 1. The molecule has 0 bridgehead atoms. The number of nitrogens with zero attached hydrogens (tertiary/aromatic N) is 5. The quantitative estimate of drug-likeness (QED) is 0.397. The maximum absolute atomic E-state index is 13.8. The predicted molar refractivity (Wildman–Crippen MR) is 151 cm³/mol. The molecule has 0 unspecified atom stereocenters. The third-order valence-electron chi connectivity index (χ3n) is 7.70. The van der Waals surface area contributed by atoms with Gasteiger partial charge in [-0.25, -0.2) is 4.79 Å². The first kappa shape index (κ1) is 29.9. The summed E-state index contributed by atoms with van der Waals surface area (Å²) in [5.74, 6) is 0.357. The number of methoxy groups -OCH3 is 1. The molecule has 0 radical (unpaired) electrons. The molecule has 3 heterocycles. The van der Waals surface area contributed by atoms with E-state index in [9.17, 15) is 14.4 Å². The van der Waals surface area contributed by atoms with Gasteiger partial charge >= 0.3 is 12.1 Å². The van der Waals surface area contributed by atoms with E-state index in [2.05, 4.69) is 15.2 Å². The maximum atomic E-state index is 13.8. The Morgan fingerprint density at radius 1 is 1.07 bits per heavy atom. The number of hydrogen-bond acceptors (Lipinski definition) is 9. The summed E-state index contributed by atoms with van der Waals surface area (Å²) < 4.78 is 10.3. The molecule has 10 nitrogen and oxygen atoms in total. The van der Waals surface area contributed by atoms with E-state index in [1.807, 2.05) is 37.8 Å². The summed E-state index contributed by atoms with van der Waals surface area (Å²) in [6, 6.07) is 3.96. The lowest BCUT2D eigenvalue weighted by atomic mass is 9.82. The lowest BCUT2D eigenvalue weighted by Crippen LogP contribution is -2.42. The van der Waals surface area contributed by atoms with Gasteiger partial charge in [-0.15, -0.1) is 10.2 Å². The first-order chi connectivity index (χ1) is 19.1. The highest BCUT2D eigenvalue weighted by Crippen LogP contribution is 2.34. The summed E-state index contributed by atoms with van der Waals surface area (Å²) in [4.78, 5) is 45.7. The monoisotopic (exact) mass is 571 g/mol. The Morgan fingerprint density at radius 3 is 2.42 bits per heavy atom. The van der Waals surface area contributed by atoms with Gasteiger partial charge in [0, 0.05) is 50.4 Å². The van der Waals surface area contributed by atoms with E-state index >= 15 is 0 Å². The largest absolute Gasteiger partial charge is 0.469 e. The van der Waals surface area contributed by atoms with Crippen molar-refractivity contribution >= 4 is 29.3 Å². The normalized spacial score (nSPS) is 20.1. The van der Waals surface area contributed by atoms with Crippen LogP contribution < -0.4 is 0 Å². The predicted octanol–water partition coefficient (Wildman–Crippen LogP) is 5.20. The average Bonchev–Trinajstić information content (AvgIpc) is 3.45. The van der Waals surface area contributed by atoms with Crippen molar-refractivity contribution in [2.75, 3.05) is 20.2 Å². The fraction of sp³-hybridized carbons (Fsp3) is 0.655. The van der Waals surface area contributed by atoms with Gasteiger partial charge < -0.3 is 19.3 Å². The highest BCUT2D eigenvalue weighted by atomic mass is 32.1. The fourth-order valence-electron chi connectivity index (χ4n) is 5.47. The Balaban J connectivity index is 1.39. The van der Waals surface area contributed by atoms with E-state index in [0.29, 0.717) is 37.0 Å². The second-order valence-electron chi connectivity index (χ2n) is 11.8. The first-order valence-electron chi connectivity index (χ1n) is 14.2. The zero-order valence-electron chi connectivity index (χ0n) is 24.0. The molecule has 40 heavy (non-hydrogen) atoms. The Kier molecular flexibility index (Phi) is 10.1. The van der Waals surface area contributed by atoms with Gasteiger partial charge in [-0.3, -0.25) is 14.6 Å². The molecular formula is C29H41N5O5S. The summed E-state index contributed by atoms with van der Waals surface area (Å²) in [6.45, 7) is 7.25. The van der Waals surface area contributed by atoms with E-state index in [4.69, 9.17) is 9.47 Å². The summed E-state index contributed by atoms with van der Waals surface area (Å²) >= 11 is 1.37. The van der Waals surface area contributed by atoms with Crippen molar-refractivity contribution in [1.82, 2.24) is 25.0 Å². The minimum absolute atomic E-state index is 0.0894. The number of piperidine rings is 1. The molecule has 2 amide bonds. The molecular weight excluding hydrogens is 530 g/mol. The number of amides is 2. The van der Waals surface area contributed by atoms with Gasteiger partial charge in [0.05, 0.1) is 7.11 Å². The molecule has 1 saturated heterocycles. The standard InChI is InChI=1S/C29H41N5O5S/c1-29(2,3)39-28(37)33-16-13-22(14-17-33)25-31-32-26(40-25)27(36)34(19-21-6-5-15-30-18-21)23-10-7-20(8-11-23)9-12-24(35)38-4/h5-6,15,18,20,22-23H,7-14,16-17,19H2,1-4H3/t20-,23-. The van der Waals surface area contributed by atoms with Crippen molar-refractivity contribution in [2.45, 2.75) is 96.2 Å². The summed E-state index contributed by atoms with van der Waals surface area (Å²) in [5, 5.41) is 10.00. The van der Waals surface area contributed by atoms with Gasteiger partial charge in [0.15, 0.2) is 0 Å². The van der Waals surface area contributed by atoms with E-state index in [1.165, 1.54) is 18.4 Å². The summed E-state index contributed by atoms with van der Waals surface area (Å²) in [7, 11) is 1.42. The minimum Gasteiger partial charge on any atom is -0.469 e. The number of carbonyl (C=O) groups is 3. The highest BCUT2D eigenvalue weighted by molar-refractivity contribution is 7.13. The molecule has 11 heteroatoms. The van der Waals surface area contributed by atoms with E-state index in [0.717, 1.165) is 55.5 Å². The van der Waals surface area contributed by atoms with Crippen molar-refractivity contribution < 1.29 is 23.9 Å². The molecule has 4 rings (SSSR count). The summed E-state index contributed by atoms with van der Waals surface area (Å²) in [6.07, 6.45) is 9.72. The third kappa shape index (κ3) is 8.22. The SMILES string of the molecule is COC(=O)CC[C@H]1CC[C@H](N(Cc2cccnc2)C(=O)c2nnc(C3CCN(C(=O)OC(C)(C)C)CC3)s2)CC1. The molecule has 2 fully saturated rings. The van der Waals surface area contributed by atoms with Gasteiger partial charge in [-0.1, -0.05) is 17.4 Å². The Labute approximate surface area is 240 Å². The van der Waals surface area contributed by atoms with E-state index in [1.54, 1.807) is 17.3 Å². The molecule has 0 atom stereocenters. The Bertz CT molecular complexity index is 1140. The highest BCUT2D eigenvalue weighted by Gasteiger charge is 2.33. The second kappa shape index (κ2) is 13.5. The number of pyridine rings is 1. The lowest BCUT2D eigenvalue weighted by molar-refractivity contribution is -0.141. The van der Waals surface area contributed by atoms with Crippen molar-refractivity contribution in [3.05, 3.63) is 40.1 Å². The van der Waals surface area contributed by atoms with Crippen LogP contribution in [0.25, 0.3) is 0 Å². The topological polar surface area (TPSA) is 115 Å². The average molecular weight is 572 g/mol. The lowest BCUT2D eigenvalue weighted by Gasteiger charge is -2.36. The number of hydrogen-bond donors (Lipinski definition) is 0. The van der Waals surface area contributed by atoms with Crippen LogP contribution in [0, 0.1) is 5.92 Å². The number of carbonyl (C=O) groups excluding carboxylic acids is 3. The minimum atomic E-state index is -0.521. The van der Waals surface area contributed by atoms with Gasteiger partial charge in [0.2, 0.25) is 5.01 Å². The number of likely N-dealkylation sites (tertiary alicyclic amines) is 1. The van der Waals surface area contributed by atoms with Crippen LogP contribution in [0.4, 0.5) is 4.79 Å². The van der Waals surface area contributed by atoms with Crippen LogP contribution >= 0.6 is 11.3 Å². The molecule has 2 aromatic rings.